The topological polar surface area (TPSA) is 46.5 Å². The van der Waals surface area contributed by atoms with Gasteiger partial charge in [-0.25, -0.2) is 0 Å². The fourth-order valence-electron chi connectivity index (χ4n) is 3.43. The molecule has 0 amide bonds. The molecular formula is C20H22O3. The number of carbonyl (C=O) groups excluding carboxylic acids is 1. The summed E-state index contributed by atoms with van der Waals surface area (Å²) in [5, 5.41) is 10.0. The molecule has 0 heterocycles. The minimum Gasteiger partial charge on any atom is -0.508 e. The third kappa shape index (κ3) is 3.24. The van der Waals surface area contributed by atoms with E-state index in [-0.39, 0.29) is 11.9 Å². The maximum absolute atomic E-state index is 12.0. The summed E-state index contributed by atoms with van der Waals surface area (Å²) in [6.07, 6.45) is 1.98. The number of hydrogen-bond acceptors (Lipinski definition) is 3. The Labute approximate surface area is 136 Å². The van der Waals surface area contributed by atoms with Crippen LogP contribution in [0.1, 0.15) is 47.1 Å². The largest absolute Gasteiger partial charge is 0.508 e. The fraction of sp³-hybridized carbons (Fsp3) is 0.350. The van der Waals surface area contributed by atoms with Crippen LogP contribution in [-0.4, -0.2) is 17.7 Å². The summed E-state index contributed by atoms with van der Waals surface area (Å²) in [4.78, 5) is 12.0. The second-order valence-corrected chi connectivity index (χ2v) is 6.19. The molecule has 1 aliphatic carbocycles. The average molecular weight is 310 g/mol. The molecule has 120 valence electrons. The van der Waals surface area contributed by atoms with Gasteiger partial charge in [-0.05, 0) is 66.5 Å². The lowest BCUT2D eigenvalue weighted by atomic mass is 9.88. The third-order valence-corrected chi connectivity index (χ3v) is 4.58. The number of fused-ring (bicyclic) bond motifs is 2. The van der Waals surface area contributed by atoms with Crippen LogP contribution in [0.2, 0.25) is 0 Å². The number of phenols is 1. The molecule has 2 aromatic rings. The summed E-state index contributed by atoms with van der Waals surface area (Å²) in [6.45, 7) is 4.16. The van der Waals surface area contributed by atoms with E-state index in [2.05, 4.69) is 18.2 Å². The van der Waals surface area contributed by atoms with E-state index in [1.165, 1.54) is 16.7 Å². The van der Waals surface area contributed by atoms with E-state index < -0.39 is 0 Å². The van der Waals surface area contributed by atoms with Gasteiger partial charge in [0.05, 0.1) is 13.0 Å². The third-order valence-electron chi connectivity index (χ3n) is 4.58. The van der Waals surface area contributed by atoms with Gasteiger partial charge in [0.2, 0.25) is 0 Å². The Morgan fingerprint density at radius 2 is 2.00 bits per heavy atom. The number of phenolic OH excluding ortho intramolecular Hbond substituents is 1. The Morgan fingerprint density at radius 1 is 1.22 bits per heavy atom. The van der Waals surface area contributed by atoms with Gasteiger partial charge in [-0.1, -0.05) is 30.3 Å². The normalized spacial score (nSPS) is 16.2. The molecule has 1 atom stereocenters. The van der Waals surface area contributed by atoms with Crippen LogP contribution >= 0.6 is 0 Å². The van der Waals surface area contributed by atoms with Crippen molar-refractivity contribution in [3.63, 3.8) is 0 Å². The van der Waals surface area contributed by atoms with Crippen molar-refractivity contribution in [2.75, 3.05) is 6.61 Å². The molecular weight excluding hydrogens is 288 g/mol. The molecule has 1 unspecified atom stereocenters. The zero-order valence-electron chi connectivity index (χ0n) is 13.6. The van der Waals surface area contributed by atoms with Crippen LogP contribution in [0.5, 0.6) is 5.75 Å². The zero-order chi connectivity index (χ0) is 16.4. The quantitative estimate of drug-likeness (QED) is 0.875. The first-order chi connectivity index (χ1) is 11.1. The molecule has 0 aromatic heterocycles. The van der Waals surface area contributed by atoms with E-state index in [4.69, 9.17) is 4.74 Å². The molecule has 0 radical (unpaired) electrons. The number of aromatic hydroxyl groups is 1. The summed E-state index contributed by atoms with van der Waals surface area (Å²) >= 11 is 0. The van der Waals surface area contributed by atoms with E-state index >= 15 is 0 Å². The highest BCUT2D eigenvalue weighted by atomic mass is 16.5. The van der Waals surface area contributed by atoms with E-state index in [1.807, 2.05) is 32.0 Å². The Balaban J connectivity index is 2.02. The van der Waals surface area contributed by atoms with Crippen molar-refractivity contribution in [1.82, 2.24) is 0 Å². The second kappa shape index (κ2) is 6.45. The number of aryl methyl sites for hydroxylation is 1. The average Bonchev–Trinajstić information content (AvgIpc) is 2.65. The van der Waals surface area contributed by atoms with Gasteiger partial charge in [0.15, 0.2) is 0 Å². The van der Waals surface area contributed by atoms with Crippen LogP contribution in [0.3, 0.4) is 0 Å². The molecule has 23 heavy (non-hydrogen) atoms. The van der Waals surface area contributed by atoms with Gasteiger partial charge in [-0.15, -0.1) is 0 Å². The van der Waals surface area contributed by atoms with Gasteiger partial charge in [-0.3, -0.25) is 4.79 Å². The van der Waals surface area contributed by atoms with Crippen LogP contribution in [0.25, 0.3) is 0 Å². The smallest absolute Gasteiger partial charge is 0.306 e. The molecule has 3 rings (SSSR count). The molecule has 3 heteroatoms. The predicted octanol–water partition coefficient (Wildman–Crippen LogP) is 3.88. The number of esters is 1. The highest BCUT2D eigenvalue weighted by molar-refractivity contribution is 5.71. The Bertz CT molecular complexity index is 734. The fourth-order valence-corrected chi connectivity index (χ4v) is 3.43. The molecule has 0 saturated heterocycles. The summed E-state index contributed by atoms with van der Waals surface area (Å²) in [6, 6.07) is 12.2. The number of benzene rings is 2. The highest BCUT2D eigenvalue weighted by Crippen LogP contribution is 2.36. The lowest BCUT2D eigenvalue weighted by Gasteiger charge is -2.17. The van der Waals surface area contributed by atoms with Crippen LogP contribution < -0.4 is 0 Å². The minimum absolute atomic E-state index is 0.121. The van der Waals surface area contributed by atoms with E-state index in [9.17, 15) is 9.90 Å². The van der Waals surface area contributed by atoms with Crippen LogP contribution in [0.15, 0.2) is 36.4 Å². The molecule has 1 aliphatic rings. The number of ether oxygens (including phenoxy) is 1. The first-order valence-corrected chi connectivity index (χ1v) is 8.13. The lowest BCUT2D eigenvalue weighted by Crippen LogP contribution is -2.13. The molecule has 0 aliphatic heterocycles. The van der Waals surface area contributed by atoms with Crippen LogP contribution in [0, 0.1) is 6.92 Å². The predicted molar refractivity (Wildman–Crippen MR) is 89.8 cm³/mol. The maximum Gasteiger partial charge on any atom is 0.306 e. The van der Waals surface area contributed by atoms with Crippen LogP contribution in [0.4, 0.5) is 0 Å². The second-order valence-electron chi connectivity index (χ2n) is 6.19. The van der Waals surface area contributed by atoms with Crippen molar-refractivity contribution in [3.05, 3.63) is 64.2 Å². The van der Waals surface area contributed by atoms with Gasteiger partial charge in [0, 0.05) is 0 Å². The first-order valence-electron chi connectivity index (χ1n) is 8.13. The monoisotopic (exact) mass is 310 g/mol. The standard InChI is InChI=1S/C20H22O3/c1-3-23-20(22)12-17-10-15-8-13(2)19(21)11-16(15)9-14-6-4-5-7-18(14)17/h4-8,11,17,21H,3,9-10,12H2,1-2H3. The first kappa shape index (κ1) is 15.6. The number of carbonyl (C=O) groups is 1. The molecule has 0 fully saturated rings. The van der Waals surface area contributed by atoms with Crippen molar-refractivity contribution in [1.29, 1.82) is 0 Å². The Hall–Kier alpha value is -2.29. The molecule has 2 aromatic carbocycles. The molecule has 3 nitrogen and oxygen atoms in total. The maximum atomic E-state index is 12.0. The summed E-state index contributed by atoms with van der Waals surface area (Å²) in [7, 11) is 0. The Kier molecular flexibility index (Phi) is 4.37. The van der Waals surface area contributed by atoms with Crippen molar-refractivity contribution < 1.29 is 14.6 Å². The van der Waals surface area contributed by atoms with Gasteiger partial charge in [-0.2, -0.15) is 0 Å². The Morgan fingerprint density at radius 3 is 2.78 bits per heavy atom. The number of rotatable bonds is 3. The van der Waals surface area contributed by atoms with Crippen molar-refractivity contribution >= 4 is 5.97 Å². The van der Waals surface area contributed by atoms with Gasteiger partial charge < -0.3 is 9.84 Å². The number of hydrogen-bond donors (Lipinski definition) is 1. The van der Waals surface area contributed by atoms with Crippen molar-refractivity contribution in [2.45, 2.75) is 39.0 Å². The molecule has 0 bridgehead atoms. The molecule has 0 saturated carbocycles. The van der Waals surface area contributed by atoms with E-state index in [0.29, 0.717) is 18.8 Å². The molecule has 0 spiro atoms. The summed E-state index contributed by atoms with van der Waals surface area (Å²) < 4.78 is 5.15. The summed E-state index contributed by atoms with van der Waals surface area (Å²) in [5.41, 5.74) is 5.68. The van der Waals surface area contributed by atoms with Crippen molar-refractivity contribution in [3.8, 4) is 5.75 Å². The summed E-state index contributed by atoms with van der Waals surface area (Å²) in [5.74, 6) is 0.312. The van der Waals surface area contributed by atoms with Gasteiger partial charge >= 0.3 is 5.97 Å². The van der Waals surface area contributed by atoms with Crippen LogP contribution in [-0.2, 0) is 22.4 Å². The van der Waals surface area contributed by atoms with E-state index in [1.54, 1.807) is 0 Å². The molecule has 1 N–H and O–H groups in total. The minimum atomic E-state index is -0.147. The van der Waals surface area contributed by atoms with E-state index in [0.717, 1.165) is 24.0 Å². The van der Waals surface area contributed by atoms with Gasteiger partial charge in [0.25, 0.3) is 0 Å². The lowest BCUT2D eigenvalue weighted by molar-refractivity contribution is -0.143. The van der Waals surface area contributed by atoms with Gasteiger partial charge in [0.1, 0.15) is 5.75 Å². The van der Waals surface area contributed by atoms with Crippen molar-refractivity contribution in [2.24, 2.45) is 0 Å². The highest BCUT2D eigenvalue weighted by Gasteiger charge is 2.25. The SMILES string of the molecule is CCOC(=O)CC1Cc2cc(C)c(O)cc2Cc2ccccc21. The zero-order valence-corrected chi connectivity index (χ0v) is 13.6.